The third-order valence-electron chi connectivity index (χ3n) is 5.34. The van der Waals surface area contributed by atoms with E-state index in [1.165, 1.54) is 44.1 Å². The van der Waals surface area contributed by atoms with Crippen LogP contribution < -0.4 is 9.80 Å². The van der Waals surface area contributed by atoms with E-state index in [9.17, 15) is 4.39 Å². The molecule has 1 heterocycles. The number of nitrogens with one attached hydrogen (secondary N) is 2. The number of benzene rings is 2. The van der Waals surface area contributed by atoms with Crippen LogP contribution in [0.2, 0.25) is 0 Å². The molecule has 3 heteroatoms. The highest BCUT2D eigenvalue weighted by atomic mass is 19.1. The molecule has 2 aromatic carbocycles. The Morgan fingerprint density at radius 2 is 1.71 bits per heavy atom. The summed E-state index contributed by atoms with van der Waals surface area (Å²) in [5.41, 5.74) is 2.55. The van der Waals surface area contributed by atoms with Crippen molar-refractivity contribution in [2.45, 2.75) is 38.9 Å². The van der Waals surface area contributed by atoms with Crippen LogP contribution in [0.1, 0.15) is 30.9 Å². The maximum absolute atomic E-state index is 13.3. The van der Waals surface area contributed by atoms with E-state index in [0.717, 1.165) is 24.7 Å². The molecule has 1 aliphatic rings. The molecular formula is C21H29FN2+2. The van der Waals surface area contributed by atoms with Gasteiger partial charge >= 0.3 is 0 Å². The molecule has 0 amide bonds. The second kappa shape index (κ2) is 8.41. The SMILES string of the molecule is CC[NH+](Cc1ccccc1)C1CC[NH+](Cc2cccc(F)c2)CC1. The molecule has 1 unspecified atom stereocenters. The summed E-state index contributed by atoms with van der Waals surface area (Å²) in [6, 6.07) is 18.6. The van der Waals surface area contributed by atoms with E-state index in [-0.39, 0.29) is 5.82 Å². The Morgan fingerprint density at radius 3 is 2.38 bits per heavy atom. The maximum atomic E-state index is 13.3. The Labute approximate surface area is 144 Å². The molecule has 1 atom stereocenters. The zero-order valence-electron chi connectivity index (χ0n) is 14.6. The van der Waals surface area contributed by atoms with E-state index in [4.69, 9.17) is 0 Å². The largest absolute Gasteiger partial charge is 0.331 e. The van der Waals surface area contributed by atoms with Gasteiger partial charge in [0.1, 0.15) is 18.9 Å². The van der Waals surface area contributed by atoms with Crippen LogP contribution in [-0.4, -0.2) is 25.7 Å². The zero-order valence-corrected chi connectivity index (χ0v) is 14.6. The van der Waals surface area contributed by atoms with Crippen LogP contribution in [-0.2, 0) is 13.1 Å². The van der Waals surface area contributed by atoms with Crippen molar-refractivity contribution in [1.29, 1.82) is 0 Å². The van der Waals surface area contributed by atoms with Crippen molar-refractivity contribution < 1.29 is 14.2 Å². The van der Waals surface area contributed by atoms with Gasteiger partial charge in [-0.05, 0) is 19.1 Å². The summed E-state index contributed by atoms with van der Waals surface area (Å²) in [4.78, 5) is 3.29. The molecule has 0 spiro atoms. The number of halogens is 1. The summed E-state index contributed by atoms with van der Waals surface area (Å²) in [5.74, 6) is -0.119. The zero-order chi connectivity index (χ0) is 16.8. The van der Waals surface area contributed by atoms with Crippen molar-refractivity contribution in [3.63, 3.8) is 0 Å². The Morgan fingerprint density at radius 1 is 1.00 bits per heavy atom. The van der Waals surface area contributed by atoms with E-state index < -0.39 is 0 Å². The number of hydrogen-bond acceptors (Lipinski definition) is 0. The van der Waals surface area contributed by atoms with Crippen LogP contribution in [0.15, 0.2) is 54.6 Å². The molecule has 0 radical (unpaired) electrons. The standard InChI is InChI=1S/C21H27FN2/c1-2-24(17-18-7-4-3-5-8-18)21-11-13-23(14-12-21)16-19-9-6-10-20(22)15-19/h3-10,15,21H,2,11-14,16-17H2,1H3/p+2. The van der Waals surface area contributed by atoms with Crippen LogP contribution in [0.25, 0.3) is 0 Å². The molecule has 2 nitrogen and oxygen atoms in total. The second-order valence-electron chi connectivity index (χ2n) is 7.01. The van der Waals surface area contributed by atoms with E-state index >= 15 is 0 Å². The molecule has 1 saturated heterocycles. The number of rotatable bonds is 6. The molecule has 0 bridgehead atoms. The van der Waals surface area contributed by atoms with Gasteiger partial charge in [0.2, 0.25) is 0 Å². The van der Waals surface area contributed by atoms with Gasteiger partial charge < -0.3 is 9.80 Å². The lowest BCUT2D eigenvalue weighted by Crippen LogP contribution is -3.19. The lowest BCUT2D eigenvalue weighted by molar-refractivity contribution is -0.969. The van der Waals surface area contributed by atoms with Crippen molar-refractivity contribution in [2.75, 3.05) is 19.6 Å². The van der Waals surface area contributed by atoms with Crippen molar-refractivity contribution in [2.24, 2.45) is 0 Å². The van der Waals surface area contributed by atoms with Crippen LogP contribution in [0.5, 0.6) is 0 Å². The topological polar surface area (TPSA) is 8.88 Å². The van der Waals surface area contributed by atoms with E-state index in [0.29, 0.717) is 0 Å². The first-order valence-corrected chi connectivity index (χ1v) is 9.21. The number of likely N-dealkylation sites (tertiary alicyclic amines) is 1. The highest BCUT2D eigenvalue weighted by molar-refractivity contribution is 5.15. The molecule has 24 heavy (non-hydrogen) atoms. The second-order valence-corrected chi connectivity index (χ2v) is 7.01. The van der Waals surface area contributed by atoms with Gasteiger partial charge in [-0.25, -0.2) is 4.39 Å². The van der Waals surface area contributed by atoms with Crippen molar-refractivity contribution in [3.8, 4) is 0 Å². The lowest BCUT2D eigenvalue weighted by atomic mass is 10.0. The summed E-state index contributed by atoms with van der Waals surface area (Å²) in [5, 5.41) is 0. The molecule has 128 valence electrons. The minimum Gasteiger partial charge on any atom is -0.331 e. The smallest absolute Gasteiger partial charge is 0.123 e. The van der Waals surface area contributed by atoms with Gasteiger partial charge in [0.05, 0.1) is 25.7 Å². The lowest BCUT2D eigenvalue weighted by Gasteiger charge is -2.34. The van der Waals surface area contributed by atoms with E-state index in [2.05, 4.69) is 37.3 Å². The quantitative estimate of drug-likeness (QED) is 0.795. The summed E-state index contributed by atoms with van der Waals surface area (Å²) in [6.07, 6.45) is 2.53. The van der Waals surface area contributed by atoms with Crippen LogP contribution in [0.3, 0.4) is 0 Å². The first kappa shape index (κ1) is 17.1. The van der Waals surface area contributed by atoms with E-state index in [1.807, 2.05) is 12.1 Å². The van der Waals surface area contributed by atoms with Crippen molar-refractivity contribution >= 4 is 0 Å². The highest BCUT2D eigenvalue weighted by Crippen LogP contribution is 2.04. The molecule has 2 aromatic rings. The molecule has 0 aliphatic carbocycles. The minimum atomic E-state index is -0.119. The van der Waals surface area contributed by atoms with Gasteiger partial charge in [-0.2, -0.15) is 0 Å². The highest BCUT2D eigenvalue weighted by Gasteiger charge is 2.29. The average molecular weight is 328 g/mol. The molecule has 0 aromatic heterocycles. The molecule has 0 saturated carbocycles. The third kappa shape index (κ3) is 4.65. The Bertz CT molecular complexity index is 621. The first-order chi connectivity index (χ1) is 11.7. The van der Waals surface area contributed by atoms with Crippen LogP contribution in [0, 0.1) is 5.82 Å². The van der Waals surface area contributed by atoms with Crippen molar-refractivity contribution in [1.82, 2.24) is 0 Å². The summed E-state index contributed by atoms with van der Waals surface area (Å²) < 4.78 is 13.3. The average Bonchev–Trinajstić information content (AvgIpc) is 2.61. The van der Waals surface area contributed by atoms with Crippen molar-refractivity contribution in [3.05, 3.63) is 71.5 Å². The summed E-state index contributed by atoms with van der Waals surface area (Å²) >= 11 is 0. The van der Waals surface area contributed by atoms with Gasteiger partial charge in [0.15, 0.2) is 0 Å². The predicted octanol–water partition coefficient (Wildman–Crippen LogP) is 1.48. The number of quaternary nitrogens is 2. The summed E-state index contributed by atoms with van der Waals surface area (Å²) in [6.45, 7) is 7.94. The van der Waals surface area contributed by atoms with Gasteiger partial charge in [-0.3, -0.25) is 0 Å². The Hall–Kier alpha value is -1.71. The molecule has 1 aliphatic heterocycles. The third-order valence-corrected chi connectivity index (χ3v) is 5.34. The van der Waals surface area contributed by atoms with Gasteiger partial charge in [0, 0.05) is 24.0 Å². The van der Waals surface area contributed by atoms with Gasteiger partial charge in [-0.15, -0.1) is 0 Å². The molecule has 1 fully saturated rings. The Balaban J connectivity index is 1.52. The molecule has 3 rings (SSSR count). The minimum absolute atomic E-state index is 0.119. The maximum Gasteiger partial charge on any atom is 0.123 e. The summed E-state index contributed by atoms with van der Waals surface area (Å²) in [7, 11) is 0. The fourth-order valence-electron chi connectivity index (χ4n) is 3.96. The van der Waals surface area contributed by atoms with Crippen LogP contribution in [0.4, 0.5) is 4.39 Å². The first-order valence-electron chi connectivity index (χ1n) is 9.21. The monoisotopic (exact) mass is 328 g/mol. The Kier molecular flexibility index (Phi) is 6.00. The number of hydrogen-bond donors (Lipinski definition) is 2. The van der Waals surface area contributed by atoms with Gasteiger partial charge in [0.25, 0.3) is 0 Å². The fourth-order valence-corrected chi connectivity index (χ4v) is 3.96. The number of piperidine rings is 1. The molecular weight excluding hydrogens is 299 g/mol. The molecule has 2 N–H and O–H groups in total. The fraction of sp³-hybridized carbons (Fsp3) is 0.429. The van der Waals surface area contributed by atoms with Gasteiger partial charge in [-0.1, -0.05) is 42.5 Å². The predicted molar refractivity (Wildman–Crippen MR) is 95.5 cm³/mol. The van der Waals surface area contributed by atoms with Crippen LogP contribution >= 0.6 is 0 Å². The van der Waals surface area contributed by atoms with E-state index in [1.54, 1.807) is 15.9 Å². The normalized spacial score (nSPS) is 22.2.